The van der Waals surface area contributed by atoms with E-state index in [2.05, 4.69) is 29.6 Å². The summed E-state index contributed by atoms with van der Waals surface area (Å²) in [6.45, 7) is 0. The SMILES string of the molecule is [B]Cc1nc2c(c3c1NC1C=CC=CC31)CCCC2. The number of allylic oxidation sites excluding steroid dienone is 2. The van der Waals surface area contributed by atoms with Gasteiger partial charge < -0.3 is 5.32 Å². The van der Waals surface area contributed by atoms with Crippen molar-refractivity contribution in [3.05, 3.63) is 46.8 Å². The lowest BCUT2D eigenvalue weighted by atomic mass is 9.82. The van der Waals surface area contributed by atoms with Gasteiger partial charge in [0.1, 0.15) is 0 Å². The lowest BCUT2D eigenvalue weighted by Crippen LogP contribution is -2.18. The average Bonchev–Trinajstić information content (AvgIpc) is 2.86. The van der Waals surface area contributed by atoms with Crippen LogP contribution in [0.1, 0.15) is 41.3 Å². The third kappa shape index (κ3) is 1.60. The van der Waals surface area contributed by atoms with Crippen LogP contribution >= 0.6 is 0 Å². The van der Waals surface area contributed by atoms with Gasteiger partial charge in [-0.25, -0.2) is 0 Å². The lowest BCUT2D eigenvalue weighted by molar-refractivity contribution is 0.654. The number of rotatable bonds is 1. The van der Waals surface area contributed by atoms with Gasteiger partial charge in [0.2, 0.25) is 0 Å². The summed E-state index contributed by atoms with van der Waals surface area (Å²) in [5.74, 6) is 0.472. The van der Waals surface area contributed by atoms with Crippen LogP contribution in [-0.2, 0) is 19.2 Å². The number of nitrogens with zero attached hydrogens (tertiary/aromatic N) is 1. The van der Waals surface area contributed by atoms with E-state index in [1.54, 1.807) is 0 Å². The molecule has 1 aromatic rings. The summed E-state index contributed by atoms with van der Waals surface area (Å²) in [5.41, 5.74) is 6.55. The first-order valence-corrected chi connectivity index (χ1v) is 7.24. The van der Waals surface area contributed by atoms with E-state index in [1.807, 2.05) is 0 Å². The number of anilines is 1. The normalized spacial score (nSPS) is 26.5. The van der Waals surface area contributed by atoms with Crippen molar-refractivity contribution in [2.24, 2.45) is 0 Å². The Morgan fingerprint density at radius 3 is 2.95 bits per heavy atom. The van der Waals surface area contributed by atoms with Crippen molar-refractivity contribution in [2.45, 2.75) is 44.0 Å². The molecule has 3 aliphatic rings. The van der Waals surface area contributed by atoms with E-state index in [9.17, 15) is 0 Å². The molecule has 2 heterocycles. The maximum atomic E-state index is 5.91. The monoisotopic (exact) mass is 248 g/mol. The van der Waals surface area contributed by atoms with Crippen molar-refractivity contribution in [3.63, 3.8) is 0 Å². The minimum Gasteiger partial charge on any atom is -0.376 e. The molecule has 0 fully saturated rings. The van der Waals surface area contributed by atoms with Crippen molar-refractivity contribution in [1.82, 2.24) is 4.98 Å². The highest BCUT2D eigenvalue weighted by Crippen LogP contribution is 2.44. The number of pyridine rings is 1. The van der Waals surface area contributed by atoms with Crippen LogP contribution in [0.15, 0.2) is 24.3 Å². The van der Waals surface area contributed by atoms with Gasteiger partial charge in [0, 0.05) is 11.6 Å². The number of hydrogen-bond donors (Lipinski definition) is 1. The third-order valence-corrected chi connectivity index (χ3v) is 4.56. The lowest BCUT2D eigenvalue weighted by Gasteiger charge is -2.22. The van der Waals surface area contributed by atoms with Crippen molar-refractivity contribution >= 4 is 13.5 Å². The number of hydrogen-bond acceptors (Lipinski definition) is 2. The van der Waals surface area contributed by atoms with Gasteiger partial charge in [-0.15, -0.1) is 0 Å². The van der Waals surface area contributed by atoms with Gasteiger partial charge in [-0.2, -0.15) is 0 Å². The Morgan fingerprint density at radius 1 is 1.21 bits per heavy atom. The van der Waals surface area contributed by atoms with Gasteiger partial charge in [0.15, 0.2) is 0 Å². The van der Waals surface area contributed by atoms with Gasteiger partial charge in [-0.1, -0.05) is 24.3 Å². The summed E-state index contributed by atoms with van der Waals surface area (Å²) in [4.78, 5) is 4.83. The van der Waals surface area contributed by atoms with Crippen LogP contribution in [0.25, 0.3) is 0 Å². The number of nitrogens with one attached hydrogen (secondary N) is 1. The highest BCUT2D eigenvalue weighted by atomic mass is 15.0. The molecular formula is C16H17BN2. The molecule has 2 aliphatic carbocycles. The van der Waals surface area contributed by atoms with Gasteiger partial charge in [0.25, 0.3) is 0 Å². The van der Waals surface area contributed by atoms with Crippen LogP contribution in [0.2, 0.25) is 0 Å². The van der Waals surface area contributed by atoms with E-state index in [4.69, 9.17) is 12.8 Å². The Bertz CT molecular complexity index is 589. The van der Waals surface area contributed by atoms with Crippen molar-refractivity contribution in [3.8, 4) is 0 Å². The summed E-state index contributed by atoms with van der Waals surface area (Å²) in [6.07, 6.45) is 14.2. The van der Waals surface area contributed by atoms with Gasteiger partial charge >= 0.3 is 0 Å². The van der Waals surface area contributed by atoms with Crippen LogP contribution < -0.4 is 5.32 Å². The van der Waals surface area contributed by atoms with Crippen LogP contribution in [0, 0.1) is 0 Å². The fraction of sp³-hybridized carbons (Fsp3) is 0.438. The highest BCUT2D eigenvalue weighted by Gasteiger charge is 2.35. The molecule has 2 atom stereocenters. The van der Waals surface area contributed by atoms with Crippen molar-refractivity contribution in [2.75, 3.05) is 5.32 Å². The van der Waals surface area contributed by atoms with E-state index in [-0.39, 0.29) is 0 Å². The molecule has 0 bridgehead atoms. The first-order valence-electron chi connectivity index (χ1n) is 7.24. The van der Waals surface area contributed by atoms with Crippen molar-refractivity contribution < 1.29 is 0 Å². The fourth-order valence-corrected chi connectivity index (χ4v) is 3.69. The minimum absolute atomic E-state index is 0.389. The summed E-state index contributed by atoms with van der Waals surface area (Å²) in [5, 5.41) is 3.63. The molecule has 1 aromatic heterocycles. The molecule has 0 spiro atoms. The minimum atomic E-state index is 0.389. The zero-order valence-electron chi connectivity index (χ0n) is 11.0. The second-order valence-electron chi connectivity index (χ2n) is 5.65. The largest absolute Gasteiger partial charge is 0.376 e. The van der Waals surface area contributed by atoms with Gasteiger partial charge in [-0.05, 0) is 43.1 Å². The second kappa shape index (κ2) is 4.26. The topological polar surface area (TPSA) is 24.9 Å². The van der Waals surface area contributed by atoms with Gasteiger partial charge in [-0.3, -0.25) is 4.98 Å². The first kappa shape index (κ1) is 11.3. The Labute approximate surface area is 115 Å². The Morgan fingerprint density at radius 2 is 2.05 bits per heavy atom. The maximum absolute atomic E-state index is 5.91. The molecule has 2 unspecified atom stereocenters. The highest BCUT2D eigenvalue weighted by molar-refractivity contribution is 6.08. The number of aromatic nitrogens is 1. The number of aryl methyl sites for hydroxylation is 1. The first-order chi connectivity index (χ1) is 9.38. The van der Waals surface area contributed by atoms with Crippen LogP contribution in [0.4, 0.5) is 5.69 Å². The predicted octanol–water partition coefficient (Wildman–Crippen LogP) is 2.63. The van der Waals surface area contributed by atoms with Crippen molar-refractivity contribution in [1.29, 1.82) is 0 Å². The molecule has 0 saturated carbocycles. The molecule has 94 valence electrons. The molecule has 19 heavy (non-hydrogen) atoms. The quantitative estimate of drug-likeness (QED) is 0.773. The van der Waals surface area contributed by atoms with E-state index in [1.165, 1.54) is 41.8 Å². The molecule has 4 rings (SSSR count). The second-order valence-corrected chi connectivity index (χ2v) is 5.65. The Kier molecular flexibility index (Phi) is 2.54. The predicted molar refractivity (Wildman–Crippen MR) is 78.8 cm³/mol. The number of fused-ring (bicyclic) bond motifs is 5. The van der Waals surface area contributed by atoms with E-state index < -0.39 is 0 Å². The van der Waals surface area contributed by atoms with E-state index in [0.717, 1.165) is 12.1 Å². The summed E-state index contributed by atoms with van der Waals surface area (Å²) in [6, 6.07) is 0.389. The molecule has 2 radical (unpaired) electrons. The zero-order chi connectivity index (χ0) is 12.8. The van der Waals surface area contributed by atoms with E-state index >= 15 is 0 Å². The zero-order valence-corrected chi connectivity index (χ0v) is 11.0. The molecule has 1 N–H and O–H groups in total. The van der Waals surface area contributed by atoms with Crippen LogP contribution in [0.5, 0.6) is 0 Å². The molecule has 0 saturated heterocycles. The summed E-state index contributed by atoms with van der Waals surface area (Å²) < 4.78 is 0. The Hall–Kier alpha value is -1.51. The standard InChI is InChI=1S/C16H17BN2/c17-9-14-16-15(10-5-1-3-7-12(10)18-14)11-6-2-4-8-13(11)19-16/h2,4,6,8,11,13,19H,1,3,5,7,9H2. The van der Waals surface area contributed by atoms with Crippen LogP contribution in [0.3, 0.4) is 0 Å². The summed E-state index contributed by atoms with van der Waals surface area (Å²) >= 11 is 0. The molecule has 3 heteroatoms. The van der Waals surface area contributed by atoms with E-state index in [0.29, 0.717) is 18.3 Å². The fourth-order valence-electron chi connectivity index (χ4n) is 3.69. The molecule has 2 nitrogen and oxygen atoms in total. The smallest absolute Gasteiger partial charge is 0.0739 e. The third-order valence-electron chi connectivity index (χ3n) is 4.56. The molecule has 1 aliphatic heterocycles. The molecule has 0 aromatic carbocycles. The average molecular weight is 248 g/mol. The summed E-state index contributed by atoms with van der Waals surface area (Å²) in [7, 11) is 5.91. The molecule has 0 amide bonds. The maximum Gasteiger partial charge on any atom is 0.0739 e. The Balaban J connectivity index is 1.94. The molecular weight excluding hydrogens is 231 g/mol. The van der Waals surface area contributed by atoms with Gasteiger partial charge in [0.05, 0.1) is 25.3 Å². The van der Waals surface area contributed by atoms with Crippen LogP contribution in [-0.4, -0.2) is 18.9 Å².